The minimum absolute atomic E-state index is 0.0246. The SMILES string of the molecule is COC(CN(C(=O)Cc1ccccc1)C1CC(=O)N(c2ccc(Cl)cc2)C1=O)OC. The lowest BCUT2D eigenvalue weighted by atomic mass is 10.1. The van der Waals surface area contributed by atoms with Crippen LogP contribution >= 0.6 is 11.6 Å². The van der Waals surface area contributed by atoms with E-state index >= 15 is 0 Å². The molecule has 0 aromatic heterocycles. The molecule has 0 bridgehead atoms. The van der Waals surface area contributed by atoms with Crippen molar-refractivity contribution in [1.29, 1.82) is 0 Å². The van der Waals surface area contributed by atoms with Crippen molar-refractivity contribution in [2.24, 2.45) is 0 Å². The van der Waals surface area contributed by atoms with Gasteiger partial charge in [0.15, 0.2) is 6.29 Å². The number of amides is 3. The van der Waals surface area contributed by atoms with E-state index in [9.17, 15) is 14.4 Å². The summed E-state index contributed by atoms with van der Waals surface area (Å²) in [5, 5.41) is 0.497. The molecule has 8 heteroatoms. The first-order valence-electron chi connectivity index (χ1n) is 9.46. The van der Waals surface area contributed by atoms with Gasteiger partial charge in [0, 0.05) is 19.2 Å². The topological polar surface area (TPSA) is 76.2 Å². The Morgan fingerprint density at radius 2 is 1.73 bits per heavy atom. The molecule has 0 radical (unpaired) electrons. The number of hydrogen-bond acceptors (Lipinski definition) is 5. The number of imide groups is 1. The van der Waals surface area contributed by atoms with Crippen LogP contribution in [0.2, 0.25) is 5.02 Å². The van der Waals surface area contributed by atoms with E-state index < -0.39 is 18.2 Å². The number of rotatable bonds is 8. The van der Waals surface area contributed by atoms with E-state index in [0.717, 1.165) is 10.5 Å². The minimum Gasteiger partial charge on any atom is -0.354 e. The van der Waals surface area contributed by atoms with Gasteiger partial charge >= 0.3 is 0 Å². The molecule has 7 nitrogen and oxygen atoms in total. The number of hydrogen-bond donors (Lipinski definition) is 0. The van der Waals surface area contributed by atoms with Crippen LogP contribution in [0.3, 0.4) is 0 Å². The fourth-order valence-electron chi connectivity index (χ4n) is 3.40. The van der Waals surface area contributed by atoms with Gasteiger partial charge in [-0.2, -0.15) is 0 Å². The minimum atomic E-state index is -0.933. The molecular weight excluding hydrogens is 408 g/mol. The third kappa shape index (κ3) is 4.87. The Kier molecular flexibility index (Phi) is 7.20. The maximum absolute atomic E-state index is 13.2. The van der Waals surface area contributed by atoms with Gasteiger partial charge in [-0.3, -0.25) is 14.4 Å². The van der Waals surface area contributed by atoms with Gasteiger partial charge in [-0.25, -0.2) is 4.90 Å². The van der Waals surface area contributed by atoms with Crippen LogP contribution in [0.4, 0.5) is 5.69 Å². The van der Waals surface area contributed by atoms with Gasteiger partial charge in [0.2, 0.25) is 11.8 Å². The van der Waals surface area contributed by atoms with Crippen LogP contribution in [0.15, 0.2) is 54.6 Å². The molecule has 1 aliphatic rings. The third-order valence-corrected chi connectivity index (χ3v) is 5.23. The number of carbonyl (C=O) groups excluding carboxylic acids is 3. The Morgan fingerprint density at radius 3 is 2.33 bits per heavy atom. The van der Waals surface area contributed by atoms with Gasteiger partial charge in [-0.05, 0) is 29.8 Å². The van der Waals surface area contributed by atoms with Crippen molar-refractivity contribution in [2.75, 3.05) is 25.7 Å². The van der Waals surface area contributed by atoms with Crippen LogP contribution in [0.25, 0.3) is 0 Å². The number of methoxy groups -OCH3 is 2. The normalized spacial score (nSPS) is 16.4. The first-order valence-corrected chi connectivity index (χ1v) is 9.83. The van der Waals surface area contributed by atoms with E-state index in [1.807, 2.05) is 30.3 Å². The lowest BCUT2D eigenvalue weighted by molar-refractivity contribution is -0.152. The molecule has 3 rings (SSSR count). The zero-order chi connectivity index (χ0) is 21.7. The number of anilines is 1. The van der Waals surface area contributed by atoms with E-state index in [2.05, 4.69) is 0 Å². The van der Waals surface area contributed by atoms with Gasteiger partial charge in [-0.15, -0.1) is 0 Å². The van der Waals surface area contributed by atoms with Crippen molar-refractivity contribution in [3.63, 3.8) is 0 Å². The van der Waals surface area contributed by atoms with E-state index in [0.29, 0.717) is 10.7 Å². The molecule has 1 aliphatic heterocycles. The molecule has 3 amide bonds. The van der Waals surface area contributed by atoms with Crippen LogP contribution in [0.5, 0.6) is 0 Å². The van der Waals surface area contributed by atoms with Crippen molar-refractivity contribution in [1.82, 2.24) is 4.90 Å². The summed E-state index contributed by atoms with van der Waals surface area (Å²) in [7, 11) is 2.91. The number of nitrogens with zero attached hydrogens (tertiary/aromatic N) is 2. The predicted molar refractivity (Wildman–Crippen MR) is 112 cm³/mol. The second-order valence-corrected chi connectivity index (χ2v) is 7.31. The van der Waals surface area contributed by atoms with Gasteiger partial charge in [-0.1, -0.05) is 41.9 Å². The van der Waals surface area contributed by atoms with Crippen LogP contribution in [0.1, 0.15) is 12.0 Å². The van der Waals surface area contributed by atoms with Crippen molar-refractivity contribution in [3.05, 3.63) is 65.2 Å². The van der Waals surface area contributed by atoms with Crippen LogP contribution < -0.4 is 4.90 Å². The monoisotopic (exact) mass is 430 g/mol. The van der Waals surface area contributed by atoms with E-state index in [-0.39, 0.29) is 31.2 Å². The first-order chi connectivity index (χ1) is 14.4. The molecule has 1 unspecified atom stereocenters. The second-order valence-electron chi connectivity index (χ2n) is 6.87. The summed E-state index contributed by atoms with van der Waals surface area (Å²) >= 11 is 5.91. The molecule has 1 fully saturated rings. The number of carbonyl (C=O) groups is 3. The lowest BCUT2D eigenvalue weighted by Crippen LogP contribution is -2.49. The molecular formula is C22H23ClN2O5. The van der Waals surface area contributed by atoms with E-state index in [4.69, 9.17) is 21.1 Å². The summed E-state index contributed by atoms with van der Waals surface area (Å²) < 4.78 is 10.5. The Balaban J connectivity index is 1.86. The fraction of sp³-hybridized carbons (Fsp3) is 0.318. The molecule has 30 heavy (non-hydrogen) atoms. The Bertz CT molecular complexity index is 900. The molecule has 1 heterocycles. The quantitative estimate of drug-likeness (QED) is 0.475. The van der Waals surface area contributed by atoms with Crippen LogP contribution in [-0.4, -0.2) is 55.7 Å². The highest BCUT2D eigenvalue weighted by Gasteiger charge is 2.44. The highest BCUT2D eigenvalue weighted by molar-refractivity contribution is 6.30. The van der Waals surface area contributed by atoms with E-state index in [1.165, 1.54) is 19.1 Å². The average Bonchev–Trinajstić information content (AvgIpc) is 3.04. The Hall–Kier alpha value is -2.74. The van der Waals surface area contributed by atoms with Crippen molar-refractivity contribution < 1.29 is 23.9 Å². The van der Waals surface area contributed by atoms with Gasteiger partial charge in [0.25, 0.3) is 5.91 Å². The molecule has 1 saturated heterocycles. The maximum atomic E-state index is 13.2. The van der Waals surface area contributed by atoms with Gasteiger partial charge in [0.1, 0.15) is 6.04 Å². The van der Waals surface area contributed by atoms with Crippen LogP contribution in [-0.2, 0) is 30.3 Å². The number of halogens is 1. The molecule has 158 valence electrons. The summed E-state index contributed by atoms with van der Waals surface area (Å²) in [6.45, 7) is 0.0246. The Morgan fingerprint density at radius 1 is 1.10 bits per heavy atom. The lowest BCUT2D eigenvalue weighted by Gasteiger charge is -2.30. The molecule has 2 aromatic carbocycles. The highest BCUT2D eigenvalue weighted by Crippen LogP contribution is 2.27. The maximum Gasteiger partial charge on any atom is 0.257 e. The summed E-state index contributed by atoms with van der Waals surface area (Å²) in [6.07, 6.45) is -0.737. The second kappa shape index (κ2) is 9.84. The largest absolute Gasteiger partial charge is 0.354 e. The Labute approximate surface area is 180 Å². The zero-order valence-electron chi connectivity index (χ0n) is 16.8. The van der Waals surface area contributed by atoms with Crippen molar-refractivity contribution in [3.8, 4) is 0 Å². The molecule has 0 N–H and O–H groups in total. The standard InChI is InChI=1S/C22H23ClN2O5/c1-29-21(30-2)14-24(19(26)12-15-6-4-3-5-7-15)18-13-20(27)25(22(18)28)17-10-8-16(23)9-11-17/h3-11,18,21H,12-14H2,1-2H3. The van der Waals surface area contributed by atoms with Crippen molar-refractivity contribution in [2.45, 2.75) is 25.2 Å². The van der Waals surface area contributed by atoms with Gasteiger partial charge < -0.3 is 14.4 Å². The predicted octanol–water partition coefficient (Wildman–Crippen LogP) is 2.66. The smallest absolute Gasteiger partial charge is 0.257 e. The van der Waals surface area contributed by atoms with E-state index in [1.54, 1.807) is 24.3 Å². The zero-order valence-corrected chi connectivity index (χ0v) is 17.5. The summed E-state index contributed by atoms with van der Waals surface area (Å²) in [4.78, 5) is 41.4. The average molecular weight is 431 g/mol. The summed E-state index contributed by atoms with van der Waals surface area (Å²) in [5.74, 6) is -1.13. The summed E-state index contributed by atoms with van der Waals surface area (Å²) in [6, 6.07) is 14.7. The molecule has 2 aromatic rings. The number of ether oxygens (including phenoxy) is 2. The third-order valence-electron chi connectivity index (χ3n) is 4.97. The fourth-order valence-corrected chi connectivity index (χ4v) is 3.53. The summed E-state index contributed by atoms with van der Waals surface area (Å²) in [5.41, 5.74) is 1.23. The molecule has 0 spiro atoms. The molecule has 0 saturated carbocycles. The first kappa shape index (κ1) is 22.0. The molecule has 1 atom stereocenters. The van der Waals surface area contributed by atoms with Crippen LogP contribution in [0, 0.1) is 0 Å². The van der Waals surface area contributed by atoms with Crippen molar-refractivity contribution >= 4 is 35.0 Å². The highest BCUT2D eigenvalue weighted by atomic mass is 35.5. The number of benzene rings is 2. The van der Waals surface area contributed by atoms with Gasteiger partial charge in [0.05, 0.1) is 25.1 Å². The molecule has 0 aliphatic carbocycles.